The quantitative estimate of drug-likeness (QED) is 0.539. The van der Waals surface area contributed by atoms with Gasteiger partial charge in [0, 0.05) is 48.7 Å². The summed E-state index contributed by atoms with van der Waals surface area (Å²) in [7, 11) is 0. The Morgan fingerprint density at radius 3 is 1.21 bits per heavy atom. The van der Waals surface area contributed by atoms with E-state index in [1.165, 1.54) is 0 Å². The number of nitrogens with zero attached hydrogens (tertiary/aromatic N) is 2. The van der Waals surface area contributed by atoms with E-state index in [0.29, 0.717) is 11.1 Å². The number of phenolic OH excluding ortho intramolecular Hbond substituents is 2. The van der Waals surface area contributed by atoms with Gasteiger partial charge in [0.2, 0.25) is 0 Å². The van der Waals surface area contributed by atoms with Crippen molar-refractivity contribution in [2.75, 3.05) is 36.0 Å². The minimum Gasteiger partial charge on any atom is -0.851 e. The van der Waals surface area contributed by atoms with E-state index < -0.39 is 24.0 Å². The first-order valence-electron chi connectivity index (χ1n) is 16.1. The molecular weight excluding hydrogens is 524 g/mol. The van der Waals surface area contributed by atoms with E-state index in [4.69, 9.17) is 0 Å². The lowest BCUT2D eigenvalue weighted by Crippen LogP contribution is -2.64. The normalized spacial score (nSPS) is 31.2. The zero-order chi connectivity index (χ0) is 30.3. The van der Waals surface area contributed by atoms with Gasteiger partial charge in [0.05, 0.1) is 0 Å². The second-order valence-corrected chi connectivity index (χ2v) is 16.7. The molecule has 0 saturated heterocycles. The number of hydrogen-bond donors (Lipinski definition) is 2. The summed E-state index contributed by atoms with van der Waals surface area (Å²) in [5.41, 5.74) is 6.66. The maximum atomic E-state index is 14.3. The minimum absolute atomic E-state index is 0.112. The van der Waals surface area contributed by atoms with Crippen molar-refractivity contribution in [3.05, 3.63) is 45.5 Å². The van der Waals surface area contributed by atoms with Crippen LogP contribution >= 0.6 is 0 Å². The summed E-state index contributed by atoms with van der Waals surface area (Å²) in [4.78, 5) is 4.78. The molecule has 0 amide bonds. The highest BCUT2D eigenvalue weighted by Gasteiger charge is 2.49. The zero-order valence-corrected chi connectivity index (χ0v) is 26.7. The van der Waals surface area contributed by atoms with E-state index in [2.05, 4.69) is 65.2 Å². The van der Waals surface area contributed by atoms with E-state index >= 15 is 0 Å². The first-order chi connectivity index (χ1) is 19.5. The van der Waals surface area contributed by atoms with Crippen LogP contribution in [0.15, 0.2) is 12.1 Å². The SMILES string of the molecule is CC1(C)CCN2CCC(C)(C)c3c(O)c(C4C([O-])C(c5cc6c7c(c5O)C(C)(C)CCN7CCC6(C)C)C4[O-])cc1c32. The van der Waals surface area contributed by atoms with Crippen LogP contribution in [0.25, 0.3) is 0 Å². The fraction of sp³-hybridized carbons (Fsp3) is 0.667. The molecule has 2 N–H and O–H groups in total. The van der Waals surface area contributed by atoms with Gasteiger partial charge in [-0.05, 0) is 93.6 Å². The van der Waals surface area contributed by atoms with E-state index in [0.717, 1.165) is 85.5 Å². The molecule has 7 rings (SSSR count). The summed E-state index contributed by atoms with van der Waals surface area (Å²) in [5, 5.41) is 52.2. The third kappa shape index (κ3) is 3.63. The van der Waals surface area contributed by atoms with Crippen LogP contribution < -0.4 is 20.0 Å². The predicted molar refractivity (Wildman–Crippen MR) is 164 cm³/mol. The molecule has 5 aliphatic rings. The molecule has 0 radical (unpaired) electrons. The van der Waals surface area contributed by atoms with Gasteiger partial charge in [0.25, 0.3) is 0 Å². The number of anilines is 2. The van der Waals surface area contributed by atoms with Crippen molar-refractivity contribution in [3.8, 4) is 11.5 Å². The number of rotatable bonds is 2. The van der Waals surface area contributed by atoms with Gasteiger partial charge in [-0.1, -0.05) is 55.4 Å². The number of aromatic hydroxyl groups is 2. The molecule has 0 unspecified atom stereocenters. The molecule has 6 nitrogen and oxygen atoms in total. The number of phenols is 2. The molecule has 0 atom stereocenters. The second-order valence-electron chi connectivity index (χ2n) is 16.7. The molecule has 2 aromatic rings. The van der Waals surface area contributed by atoms with Crippen LogP contribution in [0, 0.1) is 0 Å². The third-order valence-corrected chi connectivity index (χ3v) is 12.2. The summed E-state index contributed by atoms with van der Waals surface area (Å²) in [6.07, 6.45) is 1.36. The highest BCUT2D eigenvalue weighted by Crippen LogP contribution is 2.60. The first-order valence-corrected chi connectivity index (χ1v) is 16.1. The molecule has 228 valence electrons. The van der Waals surface area contributed by atoms with Crippen molar-refractivity contribution < 1.29 is 20.4 Å². The predicted octanol–water partition coefficient (Wildman–Crippen LogP) is 4.77. The van der Waals surface area contributed by atoms with Crippen molar-refractivity contribution in [2.24, 2.45) is 0 Å². The lowest BCUT2D eigenvalue weighted by atomic mass is 9.59. The van der Waals surface area contributed by atoms with E-state index in [1.54, 1.807) is 0 Å². The maximum absolute atomic E-state index is 14.3. The summed E-state index contributed by atoms with van der Waals surface area (Å²) < 4.78 is 0. The van der Waals surface area contributed by atoms with Gasteiger partial charge in [-0.3, -0.25) is 0 Å². The first kappa shape index (κ1) is 28.3. The molecule has 1 aliphatic carbocycles. The molecule has 42 heavy (non-hydrogen) atoms. The molecule has 0 bridgehead atoms. The number of hydrogen-bond acceptors (Lipinski definition) is 6. The van der Waals surface area contributed by atoms with Crippen LogP contribution in [0.4, 0.5) is 11.4 Å². The third-order valence-electron chi connectivity index (χ3n) is 12.2. The Morgan fingerprint density at radius 1 is 0.571 bits per heavy atom. The summed E-state index contributed by atoms with van der Waals surface area (Å²) in [6, 6.07) is 4.00. The van der Waals surface area contributed by atoms with Gasteiger partial charge in [-0.15, -0.1) is 12.2 Å². The van der Waals surface area contributed by atoms with Crippen LogP contribution in [0.1, 0.15) is 126 Å². The lowest BCUT2D eigenvalue weighted by molar-refractivity contribution is -0.536. The van der Waals surface area contributed by atoms with Crippen LogP contribution in [0.3, 0.4) is 0 Å². The Balaban J connectivity index is 1.36. The summed E-state index contributed by atoms with van der Waals surface area (Å²) >= 11 is 0. The van der Waals surface area contributed by atoms with Crippen molar-refractivity contribution in [1.29, 1.82) is 0 Å². The van der Waals surface area contributed by atoms with Gasteiger partial charge in [0.15, 0.2) is 0 Å². The fourth-order valence-electron chi connectivity index (χ4n) is 9.08. The molecule has 1 fully saturated rings. The average Bonchev–Trinajstić information content (AvgIpc) is 2.88. The Kier molecular flexibility index (Phi) is 5.80. The molecule has 0 aromatic heterocycles. The molecule has 4 heterocycles. The van der Waals surface area contributed by atoms with Crippen molar-refractivity contribution in [3.63, 3.8) is 0 Å². The molecular formula is C36H48N2O4-2. The average molecular weight is 573 g/mol. The van der Waals surface area contributed by atoms with E-state index in [9.17, 15) is 20.4 Å². The Labute approximate surface area is 251 Å². The Morgan fingerprint density at radius 2 is 0.881 bits per heavy atom. The van der Waals surface area contributed by atoms with Crippen LogP contribution in [0.5, 0.6) is 11.5 Å². The monoisotopic (exact) mass is 572 g/mol. The number of benzene rings is 2. The highest BCUT2D eigenvalue weighted by molar-refractivity contribution is 5.76. The fourth-order valence-corrected chi connectivity index (χ4v) is 9.08. The van der Waals surface area contributed by atoms with Gasteiger partial charge < -0.3 is 30.2 Å². The van der Waals surface area contributed by atoms with Gasteiger partial charge >= 0.3 is 0 Å². The standard InChI is InChI=1S/C36H48N2O4/c1-33(2)9-13-37-15-11-35(5,6)25-27(37)21(33)17-19(29(25)39)23-31(41)24(32(23)42)20-18-22-28-26(30(20)40)36(7,8)12-16-38(28)14-10-34(22,3)4/h17-18,23-24,31-32,39-40H,9-16H2,1-8H3/q-2. The van der Waals surface area contributed by atoms with Crippen molar-refractivity contribution in [1.82, 2.24) is 0 Å². The van der Waals surface area contributed by atoms with Crippen molar-refractivity contribution in [2.45, 2.75) is 127 Å². The maximum Gasteiger partial charge on any atom is 0.124 e. The molecule has 2 aromatic carbocycles. The molecule has 6 heteroatoms. The van der Waals surface area contributed by atoms with Gasteiger partial charge in [-0.2, -0.15) is 0 Å². The van der Waals surface area contributed by atoms with Crippen LogP contribution in [-0.4, -0.2) is 48.6 Å². The zero-order valence-electron chi connectivity index (χ0n) is 26.7. The highest BCUT2D eigenvalue weighted by atomic mass is 16.3. The largest absolute Gasteiger partial charge is 0.851 e. The summed E-state index contributed by atoms with van der Waals surface area (Å²) in [6.45, 7) is 21.4. The molecule has 1 saturated carbocycles. The smallest absolute Gasteiger partial charge is 0.124 e. The van der Waals surface area contributed by atoms with E-state index in [1.807, 2.05) is 12.1 Å². The topological polar surface area (TPSA) is 93.1 Å². The summed E-state index contributed by atoms with van der Waals surface area (Å²) in [5.74, 6) is -1.39. The molecule has 0 spiro atoms. The second kappa shape index (κ2) is 8.59. The van der Waals surface area contributed by atoms with E-state index in [-0.39, 0.29) is 33.2 Å². The minimum atomic E-state index is -1.23. The van der Waals surface area contributed by atoms with Crippen LogP contribution in [0.2, 0.25) is 0 Å². The van der Waals surface area contributed by atoms with Gasteiger partial charge in [0.1, 0.15) is 11.5 Å². The molecule has 4 aliphatic heterocycles. The Hall–Kier alpha value is -2.44. The lowest BCUT2D eigenvalue weighted by Gasteiger charge is -2.62. The Bertz CT molecular complexity index is 1360. The van der Waals surface area contributed by atoms with Crippen molar-refractivity contribution >= 4 is 11.4 Å². The van der Waals surface area contributed by atoms with Crippen LogP contribution in [-0.2, 0) is 21.7 Å². The van der Waals surface area contributed by atoms with Gasteiger partial charge in [-0.25, -0.2) is 0 Å².